The average molecular weight is 134 g/mol. The van der Waals surface area contributed by atoms with Crippen LogP contribution in [-0.4, -0.2) is 5.78 Å². The molecule has 0 unspecified atom stereocenters. The van der Waals surface area contributed by atoms with Gasteiger partial charge in [-0.1, -0.05) is 0 Å². The minimum atomic E-state index is 0.0382. The van der Waals surface area contributed by atoms with Crippen molar-refractivity contribution in [3.63, 3.8) is 0 Å². The highest BCUT2D eigenvalue weighted by Gasteiger charge is 1.95. The Morgan fingerprint density at radius 2 is 2.30 bits per heavy atom. The summed E-state index contributed by atoms with van der Waals surface area (Å²) in [5, 5.41) is 0. The summed E-state index contributed by atoms with van der Waals surface area (Å²) in [5.74, 6) is 0.0382. The number of benzene rings is 1. The normalized spacial score (nSPS) is 9.30. The Hall–Kier alpha value is -1.31. The Kier molecular flexibility index (Phi) is 1.71. The minimum Gasteiger partial charge on any atom is -0.398 e. The van der Waals surface area contributed by atoms with Crippen LogP contribution in [0.5, 0.6) is 0 Å². The molecule has 10 heavy (non-hydrogen) atoms. The molecular weight excluding hydrogens is 126 g/mol. The van der Waals surface area contributed by atoms with Crippen molar-refractivity contribution >= 4 is 11.5 Å². The van der Waals surface area contributed by atoms with E-state index >= 15 is 0 Å². The molecule has 2 heteroatoms. The number of anilines is 1. The summed E-state index contributed by atoms with van der Waals surface area (Å²) < 4.78 is 0. The fraction of sp³-hybridized carbons (Fsp3) is 0.125. The fourth-order valence-electron chi connectivity index (χ4n) is 0.656. The zero-order chi connectivity index (χ0) is 7.56. The molecule has 0 bridgehead atoms. The number of hydrogen-bond donors (Lipinski definition) is 1. The van der Waals surface area contributed by atoms with Crippen LogP contribution >= 0.6 is 0 Å². The summed E-state index contributed by atoms with van der Waals surface area (Å²) in [4.78, 5) is 10.7. The van der Waals surface area contributed by atoms with E-state index in [-0.39, 0.29) is 5.78 Å². The van der Waals surface area contributed by atoms with Crippen LogP contribution in [0, 0.1) is 6.07 Å². The molecule has 1 aromatic carbocycles. The minimum absolute atomic E-state index is 0.0382. The molecule has 0 amide bonds. The molecule has 0 atom stereocenters. The van der Waals surface area contributed by atoms with Gasteiger partial charge in [-0.15, -0.1) is 0 Å². The molecule has 0 aliphatic rings. The summed E-state index contributed by atoms with van der Waals surface area (Å²) in [7, 11) is 0. The largest absolute Gasteiger partial charge is 0.398 e. The van der Waals surface area contributed by atoms with Crippen molar-refractivity contribution in [1.29, 1.82) is 0 Å². The highest BCUT2D eigenvalue weighted by Crippen LogP contribution is 2.04. The van der Waals surface area contributed by atoms with E-state index < -0.39 is 0 Å². The zero-order valence-corrected chi connectivity index (χ0v) is 5.72. The smallest absolute Gasteiger partial charge is 0.159 e. The van der Waals surface area contributed by atoms with Gasteiger partial charge in [0.05, 0.1) is 0 Å². The Morgan fingerprint density at radius 1 is 1.60 bits per heavy atom. The monoisotopic (exact) mass is 134 g/mol. The quantitative estimate of drug-likeness (QED) is 0.464. The van der Waals surface area contributed by atoms with Gasteiger partial charge in [-0.3, -0.25) is 4.79 Å². The summed E-state index contributed by atoms with van der Waals surface area (Å²) >= 11 is 0. The molecule has 0 spiro atoms. The van der Waals surface area contributed by atoms with E-state index in [4.69, 9.17) is 5.73 Å². The Morgan fingerprint density at radius 3 is 2.70 bits per heavy atom. The summed E-state index contributed by atoms with van der Waals surface area (Å²) in [6, 6.07) is 7.69. The molecule has 1 rings (SSSR count). The van der Waals surface area contributed by atoms with Crippen LogP contribution in [0.2, 0.25) is 0 Å². The second-order valence-electron chi connectivity index (χ2n) is 2.09. The van der Waals surface area contributed by atoms with Gasteiger partial charge in [0.2, 0.25) is 0 Å². The number of Topliss-reactive ketones (excluding diaryl/α,β-unsaturated/α-hetero) is 1. The van der Waals surface area contributed by atoms with Crippen LogP contribution in [0.25, 0.3) is 0 Å². The second kappa shape index (κ2) is 2.52. The average Bonchev–Trinajstić information content (AvgIpc) is 1.88. The van der Waals surface area contributed by atoms with E-state index in [9.17, 15) is 4.79 Å². The van der Waals surface area contributed by atoms with Gasteiger partial charge in [0.15, 0.2) is 5.78 Å². The Bertz CT molecular complexity index is 238. The van der Waals surface area contributed by atoms with Crippen LogP contribution in [-0.2, 0) is 0 Å². The lowest BCUT2D eigenvalue weighted by Crippen LogP contribution is -1.92. The molecule has 0 heterocycles. The van der Waals surface area contributed by atoms with Crippen molar-refractivity contribution in [1.82, 2.24) is 0 Å². The molecule has 0 aliphatic heterocycles. The van der Waals surface area contributed by atoms with Gasteiger partial charge in [-0.25, -0.2) is 0 Å². The van der Waals surface area contributed by atoms with Gasteiger partial charge in [0.25, 0.3) is 0 Å². The van der Waals surface area contributed by atoms with E-state index in [0.29, 0.717) is 11.3 Å². The van der Waals surface area contributed by atoms with Crippen LogP contribution in [0.4, 0.5) is 5.69 Å². The molecular formula is C8H8NO. The molecule has 0 fully saturated rings. The topological polar surface area (TPSA) is 43.1 Å². The zero-order valence-electron chi connectivity index (χ0n) is 5.72. The predicted octanol–water partition coefficient (Wildman–Crippen LogP) is 1.27. The number of carbonyl (C=O) groups is 1. The van der Waals surface area contributed by atoms with E-state index in [1.807, 2.05) is 0 Å². The Labute approximate surface area is 59.7 Å². The lowest BCUT2D eigenvalue weighted by atomic mass is 10.1. The van der Waals surface area contributed by atoms with Crippen LogP contribution in [0.3, 0.4) is 0 Å². The molecule has 1 aromatic rings. The first-order chi connectivity index (χ1) is 4.70. The predicted molar refractivity (Wildman–Crippen MR) is 39.7 cm³/mol. The van der Waals surface area contributed by atoms with E-state index in [2.05, 4.69) is 6.07 Å². The van der Waals surface area contributed by atoms with Gasteiger partial charge in [-0.05, 0) is 25.1 Å². The maximum atomic E-state index is 10.7. The van der Waals surface area contributed by atoms with Crippen molar-refractivity contribution in [3.8, 4) is 0 Å². The van der Waals surface area contributed by atoms with E-state index in [1.54, 1.807) is 18.2 Å². The third kappa shape index (κ3) is 1.35. The lowest BCUT2D eigenvalue weighted by molar-refractivity contribution is 0.101. The number of carbonyl (C=O) groups excluding carboxylic acids is 1. The van der Waals surface area contributed by atoms with Crippen LogP contribution in [0.15, 0.2) is 18.2 Å². The molecule has 0 aromatic heterocycles. The number of ketones is 1. The maximum absolute atomic E-state index is 10.7. The van der Waals surface area contributed by atoms with Crippen molar-refractivity contribution in [3.05, 3.63) is 29.8 Å². The molecule has 0 saturated carbocycles. The van der Waals surface area contributed by atoms with Gasteiger partial charge >= 0.3 is 0 Å². The molecule has 2 N–H and O–H groups in total. The summed E-state index contributed by atoms with van der Waals surface area (Å²) in [6.07, 6.45) is 0. The first-order valence-corrected chi connectivity index (χ1v) is 2.98. The molecule has 0 aliphatic carbocycles. The maximum Gasteiger partial charge on any atom is 0.159 e. The molecule has 0 saturated heterocycles. The van der Waals surface area contributed by atoms with Gasteiger partial charge in [-0.2, -0.15) is 0 Å². The number of nitrogen functional groups attached to an aromatic ring is 1. The van der Waals surface area contributed by atoms with Gasteiger partial charge in [0.1, 0.15) is 0 Å². The van der Waals surface area contributed by atoms with Crippen LogP contribution < -0.4 is 5.73 Å². The number of hydrogen-bond acceptors (Lipinski definition) is 2. The SMILES string of the molecule is CC(=O)c1c[c]c(N)cc1. The standard InChI is InChI=1S/C8H8NO/c1-6(10)7-2-4-8(9)5-3-7/h2-4H,9H2,1H3. The van der Waals surface area contributed by atoms with Gasteiger partial charge in [0, 0.05) is 17.3 Å². The third-order valence-corrected chi connectivity index (χ3v) is 1.24. The highest BCUT2D eigenvalue weighted by atomic mass is 16.1. The lowest BCUT2D eigenvalue weighted by Gasteiger charge is -1.93. The third-order valence-electron chi connectivity index (χ3n) is 1.24. The number of nitrogens with two attached hydrogens (primary N) is 1. The fourth-order valence-corrected chi connectivity index (χ4v) is 0.656. The molecule has 1 radical (unpaired) electrons. The van der Waals surface area contributed by atoms with Crippen molar-refractivity contribution in [2.24, 2.45) is 0 Å². The van der Waals surface area contributed by atoms with Crippen molar-refractivity contribution in [2.75, 3.05) is 5.73 Å². The summed E-state index contributed by atoms with van der Waals surface area (Å²) in [6.45, 7) is 1.51. The van der Waals surface area contributed by atoms with Crippen molar-refractivity contribution < 1.29 is 4.79 Å². The summed E-state index contributed by atoms with van der Waals surface area (Å²) in [5.41, 5.74) is 6.57. The van der Waals surface area contributed by atoms with E-state index in [1.165, 1.54) is 6.92 Å². The van der Waals surface area contributed by atoms with Crippen molar-refractivity contribution in [2.45, 2.75) is 6.92 Å². The second-order valence-corrected chi connectivity index (χ2v) is 2.09. The highest BCUT2D eigenvalue weighted by molar-refractivity contribution is 5.94. The molecule has 51 valence electrons. The molecule has 2 nitrogen and oxygen atoms in total. The van der Waals surface area contributed by atoms with Gasteiger partial charge < -0.3 is 5.73 Å². The van der Waals surface area contributed by atoms with Crippen LogP contribution in [0.1, 0.15) is 17.3 Å². The Balaban J connectivity index is 3.00. The first-order valence-electron chi connectivity index (χ1n) is 2.98. The first kappa shape index (κ1) is 6.81. The van der Waals surface area contributed by atoms with E-state index in [0.717, 1.165) is 0 Å². The number of rotatable bonds is 1.